The zero-order chi connectivity index (χ0) is 53.3. The van der Waals surface area contributed by atoms with E-state index in [1.54, 1.807) is 23.8 Å². The van der Waals surface area contributed by atoms with Crippen molar-refractivity contribution in [1.29, 1.82) is 0 Å². The number of hydrogen-bond acceptors (Lipinski definition) is 1. The van der Waals surface area contributed by atoms with Gasteiger partial charge in [-0.15, -0.1) is 0 Å². The molecule has 4 aromatic rings. The molecule has 0 bridgehead atoms. The van der Waals surface area contributed by atoms with Crippen LogP contribution in [0.1, 0.15) is 128 Å². The predicted octanol–water partition coefficient (Wildman–Crippen LogP) is 19.4. The van der Waals surface area contributed by atoms with Crippen LogP contribution in [-0.4, -0.2) is 74.3 Å². The van der Waals surface area contributed by atoms with Crippen molar-refractivity contribution < 1.29 is 0 Å². The second kappa shape index (κ2) is 21.2. The van der Waals surface area contributed by atoms with Crippen LogP contribution < -0.4 is 7.16 Å². The molecule has 0 aromatic heterocycles. The van der Waals surface area contributed by atoms with Gasteiger partial charge in [0.15, 0.2) is 0 Å². The van der Waals surface area contributed by atoms with E-state index < -0.39 is 74.3 Å². The summed E-state index contributed by atoms with van der Waals surface area (Å²) >= 11 is -3.41. The van der Waals surface area contributed by atoms with E-state index in [1.165, 1.54) is 44.5 Å². The molecule has 0 fully saturated rings. The summed E-state index contributed by atoms with van der Waals surface area (Å²) in [6, 6.07) is 28.5. The second-order valence-corrected chi connectivity index (χ2v) is 77.3. The van der Waals surface area contributed by atoms with Gasteiger partial charge in [0.05, 0.1) is 0 Å². The Bertz CT molecular complexity index is 2280. The molecular formula is C60H104SSi7Sn. The minimum absolute atomic E-state index is 0.268. The van der Waals surface area contributed by atoms with E-state index in [4.69, 9.17) is 9.29 Å². The molecule has 69 heavy (non-hydrogen) atoms. The van der Waals surface area contributed by atoms with Gasteiger partial charge < -0.3 is 0 Å². The van der Waals surface area contributed by atoms with Crippen LogP contribution in [-0.2, 0) is 4.28 Å². The molecular weight excluding hydrogens is 1070 g/mol. The average molecular weight is 1170 g/mol. The maximum absolute atomic E-state index is 7.94. The average Bonchev–Trinajstić information content (AvgIpc) is 3.12. The Morgan fingerprint density at radius 2 is 0.667 bits per heavy atom. The molecule has 0 atom stereocenters. The van der Waals surface area contributed by atoms with E-state index in [9.17, 15) is 0 Å². The first-order valence-electron chi connectivity index (χ1n) is 27.1. The SMILES string of the molecule is CC(C)c1ccc(-c2cccc(-c3ccc(C(C)C)cc3C(C)C)[c]2[Sn](=[S])[c]2c(C([Si](C)(C)C)[Si](C)(C)C)cc(C([Si](C)(C)C)([Si](C)(C)C)[Si](C)(C)C)cc2C([Si](C)(C)C)[Si](C)(C)C)c(C(C)C)c1. The summed E-state index contributed by atoms with van der Waals surface area (Å²) in [7, 11) is -5.02. The van der Waals surface area contributed by atoms with Gasteiger partial charge in [0, 0.05) is 0 Å². The summed E-state index contributed by atoms with van der Waals surface area (Å²) in [4.78, 5) is 0. The van der Waals surface area contributed by atoms with Gasteiger partial charge in [-0.2, -0.15) is 0 Å². The van der Waals surface area contributed by atoms with Crippen molar-refractivity contribution >= 4 is 90.8 Å². The monoisotopic (exact) mass is 1170 g/mol. The van der Waals surface area contributed by atoms with Crippen molar-refractivity contribution in [3.8, 4) is 22.3 Å². The topological polar surface area (TPSA) is 0 Å². The molecule has 0 saturated heterocycles. The van der Waals surface area contributed by atoms with Gasteiger partial charge in [-0.3, -0.25) is 0 Å². The number of rotatable bonds is 18. The van der Waals surface area contributed by atoms with Gasteiger partial charge in [0.25, 0.3) is 0 Å². The maximum atomic E-state index is 7.94. The summed E-state index contributed by atoms with van der Waals surface area (Å²) in [6.45, 7) is 76.7. The van der Waals surface area contributed by atoms with E-state index in [2.05, 4.69) is 260 Å². The van der Waals surface area contributed by atoms with Gasteiger partial charge in [-0.25, -0.2) is 0 Å². The fraction of sp³-hybridized carbons (Fsp3) is 0.600. The molecule has 382 valence electrons. The Morgan fingerprint density at radius 1 is 0.362 bits per heavy atom. The molecule has 4 rings (SSSR count). The van der Waals surface area contributed by atoms with E-state index in [0.29, 0.717) is 34.0 Å². The molecule has 0 nitrogen and oxygen atoms in total. The van der Waals surface area contributed by atoms with Crippen LogP contribution in [0.2, 0.25) is 137 Å². The number of benzene rings is 4. The van der Waals surface area contributed by atoms with E-state index in [-0.39, 0.29) is 4.28 Å². The van der Waals surface area contributed by atoms with Crippen molar-refractivity contribution in [1.82, 2.24) is 0 Å². The van der Waals surface area contributed by atoms with Crippen molar-refractivity contribution in [2.45, 2.75) is 231 Å². The van der Waals surface area contributed by atoms with Crippen molar-refractivity contribution in [3.63, 3.8) is 0 Å². The molecule has 0 N–H and O–H groups in total. The zero-order valence-electron chi connectivity index (χ0n) is 50.2. The fourth-order valence-electron chi connectivity index (χ4n) is 15.5. The molecule has 0 aliphatic heterocycles. The van der Waals surface area contributed by atoms with Gasteiger partial charge in [-0.05, 0) is 0 Å². The van der Waals surface area contributed by atoms with Crippen LogP contribution in [0.3, 0.4) is 0 Å². The van der Waals surface area contributed by atoms with Gasteiger partial charge in [-0.1, -0.05) is 0 Å². The molecule has 0 saturated carbocycles. The first-order valence-corrected chi connectivity index (χ1v) is 58.7. The molecule has 0 amide bonds. The molecule has 4 aromatic carbocycles. The van der Waals surface area contributed by atoms with Crippen LogP contribution in [0.25, 0.3) is 22.3 Å². The third-order valence-corrected chi connectivity index (χ3v) is 64.1. The first kappa shape index (κ1) is 61.0. The normalized spacial score (nSPS) is 14.1. The molecule has 0 radical (unpaired) electrons. The van der Waals surface area contributed by atoms with Crippen molar-refractivity contribution in [3.05, 3.63) is 106 Å². The Balaban J connectivity index is 2.59. The second-order valence-electron chi connectivity index (χ2n) is 30.2. The molecule has 0 aliphatic carbocycles. The van der Waals surface area contributed by atoms with Crippen LogP contribution in [0.15, 0.2) is 66.7 Å². The molecule has 0 unspecified atom stereocenters. The summed E-state index contributed by atoms with van der Waals surface area (Å²) in [6.07, 6.45) is 0. The quantitative estimate of drug-likeness (QED) is 0.0895. The minimum atomic E-state index is -3.41. The third-order valence-electron chi connectivity index (χ3n) is 15.9. The molecule has 0 spiro atoms. The molecule has 0 heterocycles. The third kappa shape index (κ3) is 12.4. The van der Waals surface area contributed by atoms with E-state index >= 15 is 0 Å². The summed E-state index contributed by atoms with van der Waals surface area (Å²) in [5.74, 6) is 1.72. The van der Waals surface area contributed by atoms with Crippen LogP contribution in [0.4, 0.5) is 0 Å². The Labute approximate surface area is 445 Å². The van der Waals surface area contributed by atoms with E-state index in [1.807, 2.05) is 0 Å². The summed E-state index contributed by atoms with van der Waals surface area (Å²) < 4.78 is 3.58. The van der Waals surface area contributed by atoms with E-state index in [0.717, 1.165) is 0 Å². The Kier molecular flexibility index (Phi) is 18.7. The summed E-state index contributed by atoms with van der Waals surface area (Å²) in [5.41, 5.74) is 16.8. The Morgan fingerprint density at radius 3 is 0.913 bits per heavy atom. The summed E-state index contributed by atoms with van der Waals surface area (Å²) in [5, 5.41) is 1.18. The molecule has 9 heteroatoms. The number of hydrogen-bond donors (Lipinski definition) is 0. The fourth-order valence-corrected chi connectivity index (χ4v) is 81.7. The predicted molar refractivity (Wildman–Crippen MR) is 343 cm³/mol. The van der Waals surface area contributed by atoms with Crippen LogP contribution >= 0.6 is 9.29 Å². The van der Waals surface area contributed by atoms with Crippen LogP contribution in [0, 0.1) is 0 Å². The van der Waals surface area contributed by atoms with Gasteiger partial charge in [0.1, 0.15) is 0 Å². The van der Waals surface area contributed by atoms with Crippen LogP contribution in [0.5, 0.6) is 0 Å². The van der Waals surface area contributed by atoms with Gasteiger partial charge >= 0.3 is 450 Å². The first-order chi connectivity index (χ1) is 30.9. The van der Waals surface area contributed by atoms with Gasteiger partial charge in [0.2, 0.25) is 0 Å². The molecule has 0 aliphatic rings. The van der Waals surface area contributed by atoms with Crippen molar-refractivity contribution in [2.24, 2.45) is 0 Å². The van der Waals surface area contributed by atoms with Crippen molar-refractivity contribution in [2.75, 3.05) is 0 Å². The zero-order valence-corrected chi connectivity index (χ0v) is 60.9. The Hall–Kier alpha value is -0.583. The standard InChI is InChI=1S/C30H67Si7.C30H37.S.Sn/c1-31(2,3)28(32(4,5)6)25-22-26(29(33(7,8)9)34(10,11)12)24-27(23-25)30(35(13,14)15,36(16,17)18)37(19,20)21;1-19(2)23-12-14-27(29(17-23)21(5)6)25-10-9-11-26(16-25)28-15-13-24(20(3)4)18-30(28)22(7)8;;/h23-24,28-29H,1-21H3;9-15,17-22H,1-8H3;;.